The van der Waals surface area contributed by atoms with Crippen LogP contribution in [-0.4, -0.2) is 53.1 Å². The molecule has 1 aromatic heterocycles. The van der Waals surface area contributed by atoms with Crippen molar-refractivity contribution in [2.24, 2.45) is 0 Å². The Morgan fingerprint density at radius 2 is 2.11 bits per heavy atom. The molecule has 1 aromatic rings. The minimum absolute atomic E-state index is 0.372. The Labute approximate surface area is 119 Å². The van der Waals surface area contributed by atoms with Crippen molar-refractivity contribution >= 4 is 33.2 Å². The normalized spacial score (nSPS) is 19.9. The first kappa shape index (κ1) is 14.0. The van der Waals surface area contributed by atoms with Crippen LogP contribution in [0.4, 0.5) is 0 Å². The van der Waals surface area contributed by atoms with Crippen LogP contribution in [0.15, 0.2) is 15.9 Å². The van der Waals surface area contributed by atoms with Crippen LogP contribution in [-0.2, 0) is 11.3 Å². The predicted octanol–water partition coefficient (Wildman–Crippen LogP) is 2.10. The highest BCUT2D eigenvalue weighted by atomic mass is 79.9. The largest absolute Gasteiger partial charge is 0.480 e. The fraction of sp³-hybridized carbons (Fsp3) is 0.583. The van der Waals surface area contributed by atoms with E-state index in [0.717, 1.165) is 36.5 Å². The smallest absolute Gasteiger partial charge is 0.320 e. The van der Waals surface area contributed by atoms with Crippen molar-refractivity contribution in [1.82, 2.24) is 9.80 Å². The van der Waals surface area contributed by atoms with Gasteiger partial charge in [0.05, 0.1) is 3.79 Å². The van der Waals surface area contributed by atoms with Gasteiger partial charge in [0.1, 0.15) is 6.04 Å². The lowest BCUT2D eigenvalue weighted by molar-refractivity contribution is -0.143. The molecule has 6 heteroatoms. The summed E-state index contributed by atoms with van der Waals surface area (Å²) in [5.41, 5.74) is 0. The van der Waals surface area contributed by atoms with Crippen molar-refractivity contribution in [3.05, 3.63) is 20.8 Å². The molecule has 1 atom stereocenters. The molecular weight excluding hydrogens is 316 g/mol. The first-order valence-electron chi connectivity index (χ1n) is 5.99. The van der Waals surface area contributed by atoms with Gasteiger partial charge in [0, 0.05) is 37.6 Å². The van der Waals surface area contributed by atoms with Gasteiger partial charge in [-0.05, 0) is 35.0 Å². The summed E-state index contributed by atoms with van der Waals surface area (Å²) in [7, 11) is 0. The Morgan fingerprint density at radius 1 is 1.44 bits per heavy atom. The molecule has 18 heavy (non-hydrogen) atoms. The van der Waals surface area contributed by atoms with Crippen LogP contribution in [0.25, 0.3) is 0 Å². The summed E-state index contributed by atoms with van der Waals surface area (Å²) in [6.07, 6.45) is 0. The maximum absolute atomic E-state index is 10.9. The molecule has 100 valence electrons. The van der Waals surface area contributed by atoms with Crippen LogP contribution >= 0.6 is 27.3 Å². The maximum Gasteiger partial charge on any atom is 0.320 e. The van der Waals surface area contributed by atoms with E-state index in [0.29, 0.717) is 0 Å². The predicted molar refractivity (Wildman–Crippen MR) is 76.0 cm³/mol. The number of hydrogen-bond donors (Lipinski definition) is 1. The van der Waals surface area contributed by atoms with Gasteiger partial charge < -0.3 is 5.11 Å². The molecule has 1 aliphatic rings. The lowest BCUT2D eigenvalue weighted by Gasteiger charge is -2.36. The lowest BCUT2D eigenvalue weighted by Crippen LogP contribution is -2.51. The van der Waals surface area contributed by atoms with Crippen molar-refractivity contribution in [2.45, 2.75) is 19.5 Å². The monoisotopic (exact) mass is 332 g/mol. The Kier molecular flexibility index (Phi) is 4.77. The average Bonchev–Trinajstić information content (AvgIpc) is 2.75. The molecule has 1 unspecified atom stereocenters. The van der Waals surface area contributed by atoms with Crippen LogP contribution in [0.5, 0.6) is 0 Å². The molecule has 2 rings (SSSR count). The van der Waals surface area contributed by atoms with Crippen LogP contribution in [0.3, 0.4) is 0 Å². The number of rotatable bonds is 4. The molecule has 0 spiro atoms. The summed E-state index contributed by atoms with van der Waals surface area (Å²) in [5.74, 6) is -0.731. The molecule has 4 nitrogen and oxygen atoms in total. The molecule has 0 aliphatic carbocycles. The number of carbonyl (C=O) groups is 1. The van der Waals surface area contributed by atoms with Crippen LogP contribution in [0.1, 0.15) is 11.8 Å². The van der Waals surface area contributed by atoms with Gasteiger partial charge in [-0.15, -0.1) is 11.3 Å². The molecule has 1 saturated heterocycles. The van der Waals surface area contributed by atoms with Crippen molar-refractivity contribution < 1.29 is 9.90 Å². The zero-order valence-corrected chi connectivity index (χ0v) is 12.7. The second kappa shape index (κ2) is 6.14. The number of carboxylic acid groups (broad SMARTS) is 1. The van der Waals surface area contributed by atoms with E-state index in [-0.39, 0.29) is 6.04 Å². The van der Waals surface area contributed by atoms with E-state index in [4.69, 9.17) is 5.11 Å². The van der Waals surface area contributed by atoms with Gasteiger partial charge in [-0.1, -0.05) is 0 Å². The van der Waals surface area contributed by atoms with Gasteiger partial charge in [0.15, 0.2) is 0 Å². The molecule has 1 fully saturated rings. The number of thiophene rings is 1. The van der Waals surface area contributed by atoms with E-state index in [1.165, 1.54) is 4.88 Å². The van der Waals surface area contributed by atoms with E-state index in [1.54, 1.807) is 18.3 Å². The molecule has 1 aliphatic heterocycles. The number of hydrogen-bond acceptors (Lipinski definition) is 4. The van der Waals surface area contributed by atoms with E-state index in [2.05, 4.69) is 33.0 Å². The minimum atomic E-state index is -0.731. The first-order valence-corrected chi connectivity index (χ1v) is 7.60. The third-order valence-electron chi connectivity index (χ3n) is 3.32. The van der Waals surface area contributed by atoms with Gasteiger partial charge in [0.25, 0.3) is 0 Å². The fourth-order valence-electron chi connectivity index (χ4n) is 2.12. The van der Waals surface area contributed by atoms with Crippen molar-refractivity contribution in [3.8, 4) is 0 Å². The summed E-state index contributed by atoms with van der Waals surface area (Å²) in [4.78, 5) is 16.7. The average molecular weight is 333 g/mol. The fourth-order valence-corrected chi connectivity index (χ4v) is 3.65. The highest BCUT2D eigenvalue weighted by Gasteiger charge is 2.25. The number of nitrogens with zero attached hydrogens (tertiary/aromatic N) is 2. The van der Waals surface area contributed by atoms with Crippen molar-refractivity contribution in [3.63, 3.8) is 0 Å². The number of aliphatic carboxylic acids is 1. The molecule has 1 N–H and O–H groups in total. The number of carboxylic acids is 1. The third kappa shape index (κ3) is 3.54. The Bertz CT molecular complexity index is 416. The van der Waals surface area contributed by atoms with Gasteiger partial charge in [-0.25, -0.2) is 0 Å². The van der Waals surface area contributed by atoms with Crippen LogP contribution in [0, 0.1) is 0 Å². The quantitative estimate of drug-likeness (QED) is 0.917. The highest BCUT2D eigenvalue weighted by molar-refractivity contribution is 9.11. The maximum atomic E-state index is 10.9. The molecule has 0 radical (unpaired) electrons. The van der Waals surface area contributed by atoms with E-state index in [1.807, 2.05) is 4.90 Å². The van der Waals surface area contributed by atoms with E-state index in [9.17, 15) is 4.79 Å². The summed E-state index contributed by atoms with van der Waals surface area (Å²) >= 11 is 5.23. The Hall–Kier alpha value is -0.430. The summed E-state index contributed by atoms with van der Waals surface area (Å²) in [6, 6.07) is 3.84. The Balaban J connectivity index is 1.81. The molecule has 2 heterocycles. The summed E-state index contributed by atoms with van der Waals surface area (Å²) in [6.45, 7) is 6.26. The van der Waals surface area contributed by atoms with Gasteiger partial charge >= 0.3 is 5.97 Å². The van der Waals surface area contributed by atoms with Crippen LogP contribution in [0.2, 0.25) is 0 Å². The minimum Gasteiger partial charge on any atom is -0.480 e. The standard InChI is InChI=1S/C12H17BrN2O2S/c1-9(12(16)17)15-6-4-14(5-7-15)8-10-2-3-11(13)18-10/h2-3,9H,4-8H2,1H3,(H,16,17). The molecular formula is C12H17BrN2O2S. The number of halogens is 1. The second-order valence-electron chi connectivity index (χ2n) is 4.53. The van der Waals surface area contributed by atoms with Gasteiger partial charge in [-0.2, -0.15) is 0 Å². The summed E-state index contributed by atoms with van der Waals surface area (Å²) < 4.78 is 1.16. The summed E-state index contributed by atoms with van der Waals surface area (Å²) in [5, 5.41) is 8.98. The van der Waals surface area contributed by atoms with Crippen molar-refractivity contribution in [2.75, 3.05) is 26.2 Å². The highest BCUT2D eigenvalue weighted by Crippen LogP contribution is 2.23. The molecule has 0 bridgehead atoms. The Morgan fingerprint density at radius 3 is 2.61 bits per heavy atom. The third-order valence-corrected chi connectivity index (χ3v) is 4.93. The van der Waals surface area contributed by atoms with Crippen molar-refractivity contribution in [1.29, 1.82) is 0 Å². The molecule has 0 aromatic carbocycles. The lowest BCUT2D eigenvalue weighted by atomic mass is 10.2. The van der Waals surface area contributed by atoms with E-state index < -0.39 is 5.97 Å². The first-order chi connectivity index (χ1) is 8.56. The zero-order valence-electron chi connectivity index (χ0n) is 10.3. The zero-order chi connectivity index (χ0) is 13.1. The van der Waals surface area contributed by atoms with Gasteiger partial charge in [-0.3, -0.25) is 14.6 Å². The molecule has 0 saturated carbocycles. The molecule has 0 amide bonds. The van der Waals surface area contributed by atoms with E-state index >= 15 is 0 Å². The van der Waals surface area contributed by atoms with Crippen LogP contribution < -0.4 is 0 Å². The van der Waals surface area contributed by atoms with Gasteiger partial charge in [0.2, 0.25) is 0 Å². The SMILES string of the molecule is CC(C(=O)O)N1CCN(Cc2ccc(Br)s2)CC1. The second-order valence-corrected chi connectivity index (χ2v) is 7.08. The topological polar surface area (TPSA) is 43.8 Å². The number of piperazine rings is 1.